The summed E-state index contributed by atoms with van der Waals surface area (Å²) < 4.78 is 13.5. The molecule has 1 aliphatic rings. The quantitative estimate of drug-likeness (QED) is 0.169. The number of benzene rings is 9. The molecule has 2 heterocycles. The minimum absolute atomic E-state index is 0.147. The SMILES string of the molecule is CC1(C)c2ccccc2-c2ccc(N(c3ccc(-c4ccc(-c5ccccc5)cc4)cc3)c3cccc4c3oc3cc5c(cc34)oc3ccc(-c4ccccc4)cc35)cc21. The van der Waals surface area contributed by atoms with Gasteiger partial charge in [-0.3, -0.25) is 0 Å². The average Bonchev–Trinajstić information content (AvgIpc) is 3.93. The van der Waals surface area contributed by atoms with Crippen LogP contribution in [-0.4, -0.2) is 0 Å². The second kappa shape index (κ2) is 13.2. The van der Waals surface area contributed by atoms with Gasteiger partial charge in [0, 0.05) is 38.3 Å². The van der Waals surface area contributed by atoms with Gasteiger partial charge in [-0.05, 0) is 110 Å². The minimum atomic E-state index is -0.147. The first-order valence-corrected chi connectivity index (χ1v) is 20.7. The van der Waals surface area contributed by atoms with E-state index in [1.54, 1.807) is 0 Å². The normalized spacial score (nSPS) is 13.0. The summed E-state index contributed by atoms with van der Waals surface area (Å²) >= 11 is 0. The molecule has 0 bridgehead atoms. The Morgan fingerprint density at radius 3 is 1.60 bits per heavy atom. The molecule has 9 aromatic carbocycles. The van der Waals surface area contributed by atoms with Crippen molar-refractivity contribution in [1.29, 1.82) is 0 Å². The van der Waals surface area contributed by atoms with Crippen molar-refractivity contribution in [2.24, 2.45) is 0 Å². The molecule has 0 saturated heterocycles. The first-order valence-electron chi connectivity index (χ1n) is 20.7. The van der Waals surface area contributed by atoms with Crippen LogP contribution >= 0.6 is 0 Å². The van der Waals surface area contributed by atoms with Gasteiger partial charge in [-0.15, -0.1) is 0 Å². The monoisotopic (exact) mass is 769 g/mol. The molecule has 0 amide bonds. The number of fused-ring (bicyclic) bond motifs is 9. The average molecular weight is 770 g/mol. The second-order valence-corrected chi connectivity index (χ2v) is 16.5. The number of rotatable bonds is 6. The molecule has 0 unspecified atom stereocenters. The predicted octanol–water partition coefficient (Wildman–Crippen LogP) is 16.3. The van der Waals surface area contributed by atoms with E-state index in [0.29, 0.717) is 0 Å². The Morgan fingerprint density at radius 2 is 0.883 bits per heavy atom. The molecule has 0 saturated carbocycles. The highest BCUT2D eigenvalue weighted by Crippen LogP contribution is 2.51. The van der Waals surface area contributed by atoms with Crippen LogP contribution in [0, 0.1) is 0 Å². The van der Waals surface area contributed by atoms with Crippen molar-refractivity contribution in [1.82, 2.24) is 0 Å². The Labute approximate surface area is 348 Å². The first-order chi connectivity index (χ1) is 29.5. The maximum absolute atomic E-state index is 6.99. The van der Waals surface area contributed by atoms with Crippen molar-refractivity contribution in [2.45, 2.75) is 19.3 Å². The topological polar surface area (TPSA) is 29.5 Å². The molecule has 284 valence electrons. The summed E-state index contributed by atoms with van der Waals surface area (Å²) in [6.07, 6.45) is 0. The highest BCUT2D eigenvalue weighted by Gasteiger charge is 2.36. The van der Waals surface area contributed by atoms with Crippen molar-refractivity contribution < 1.29 is 8.83 Å². The molecule has 3 heteroatoms. The maximum atomic E-state index is 6.99. The molecule has 12 rings (SSSR count). The molecule has 60 heavy (non-hydrogen) atoms. The highest BCUT2D eigenvalue weighted by atomic mass is 16.3. The fraction of sp³-hybridized carbons (Fsp3) is 0.0526. The van der Waals surface area contributed by atoms with Crippen LogP contribution in [-0.2, 0) is 5.41 Å². The van der Waals surface area contributed by atoms with Gasteiger partial charge in [-0.2, -0.15) is 0 Å². The Kier molecular flexibility index (Phi) is 7.58. The van der Waals surface area contributed by atoms with Gasteiger partial charge < -0.3 is 13.7 Å². The minimum Gasteiger partial charge on any atom is -0.456 e. The molecule has 0 radical (unpaired) electrons. The van der Waals surface area contributed by atoms with E-state index < -0.39 is 0 Å². The van der Waals surface area contributed by atoms with Crippen LogP contribution in [0.3, 0.4) is 0 Å². The molecule has 1 aliphatic carbocycles. The Morgan fingerprint density at radius 1 is 0.350 bits per heavy atom. The van der Waals surface area contributed by atoms with Gasteiger partial charge in [-0.1, -0.05) is 159 Å². The summed E-state index contributed by atoms with van der Waals surface area (Å²) in [6, 6.07) is 71.8. The van der Waals surface area contributed by atoms with Gasteiger partial charge in [0.15, 0.2) is 5.58 Å². The van der Waals surface area contributed by atoms with E-state index in [9.17, 15) is 0 Å². The Balaban J connectivity index is 1.01. The summed E-state index contributed by atoms with van der Waals surface area (Å²) in [4.78, 5) is 2.36. The van der Waals surface area contributed by atoms with Crippen molar-refractivity contribution in [2.75, 3.05) is 4.90 Å². The van der Waals surface area contributed by atoms with Gasteiger partial charge in [-0.25, -0.2) is 0 Å². The van der Waals surface area contributed by atoms with E-state index in [1.807, 2.05) is 6.07 Å². The number of hydrogen-bond acceptors (Lipinski definition) is 3. The fourth-order valence-electron chi connectivity index (χ4n) is 9.59. The summed E-state index contributed by atoms with van der Waals surface area (Å²) in [7, 11) is 0. The summed E-state index contributed by atoms with van der Waals surface area (Å²) in [5.74, 6) is 0. The number of para-hydroxylation sites is 1. The molecule has 0 fully saturated rings. The molecule has 0 N–H and O–H groups in total. The lowest BCUT2D eigenvalue weighted by atomic mass is 9.82. The summed E-state index contributed by atoms with van der Waals surface area (Å²) in [5, 5.41) is 4.19. The van der Waals surface area contributed by atoms with Crippen molar-refractivity contribution in [3.63, 3.8) is 0 Å². The number of furan rings is 2. The van der Waals surface area contributed by atoms with Crippen LogP contribution in [0.1, 0.15) is 25.0 Å². The third kappa shape index (κ3) is 5.36. The predicted molar refractivity (Wildman–Crippen MR) is 250 cm³/mol. The summed E-state index contributed by atoms with van der Waals surface area (Å²) in [6.45, 7) is 4.68. The Hall–Kier alpha value is -7.62. The third-order valence-corrected chi connectivity index (χ3v) is 12.7. The highest BCUT2D eigenvalue weighted by molar-refractivity contribution is 6.17. The van der Waals surface area contributed by atoms with Gasteiger partial charge in [0.25, 0.3) is 0 Å². The first kappa shape index (κ1) is 34.4. The van der Waals surface area contributed by atoms with Gasteiger partial charge in [0.2, 0.25) is 0 Å². The fourth-order valence-corrected chi connectivity index (χ4v) is 9.59. The molecule has 11 aromatic rings. The molecule has 0 spiro atoms. The molecule has 0 aliphatic heterocycles. The van der Waals surface area contributed by atoms with Crippen LogP contribution < -0.4 is 4.90 Å². The van der Waals surface area contributed by atoms with E-state index >= 15 is 0 Å². The van der Waals surface area contributed by atoms with Crippen LogP contribution in [0.15, 0.2) is 209 Å². The van der Waals surface area contributed by atoms with Crippen LogP contribution in [0.25, 0.3) is 88.4 Å². The molecule has 3 nitrogen and oxygen atoms in total. The summed E-state index contributed by atoms with van der Waals surface area (Å²) in [5.41, 5.74) is 18.7. The zero-order chi connectivity index (χ0) is 40.0. The largest absolute Gasteiger partial charge is 0.456 e. The van der Waals surface area contributed by atoms with E-state index in [0.717, 1.165) is 72.1 Å². The van der Waals surface area contributed by atoms with Gasteiger partial charge >= 0.3 is 0 Å². The van der Waals surface area contributed by atoms with Gasteiger partial charge in [0.1, 0.15) is 16.7 Å². The number of nitrogens with zero attached hydrogens (tertiary/aromatic N) is 1. The van der Waals surface area contributed by atoms with Gasteiger partial charge in [0.05, 0.1) is 5.69 Å². The van der Waals surface area contributed by atoms with Crippen LogP contribution in [0.2, 0.25) is 0 Å². The van der Waals surface area contributed by atoms with E-state index in [2.05, 4.69) is 213 Å². The van der Waals surface area contributed by atoms with Crippen molar-refractivity contribution in [3.8, 4) is 44.5 Å². The standard InChI is InChI=1S/C57H39NO2/c1-57(2)50-18-10-9-16-44(50)45-30-29-43(33-51(45)57)58(42-27-24-40(25-28-42)39-22-20-38(21-23-39)36-12-5-3-6-13-36)52-19-11-17-46-48-34-54-49(35-55(48)60-56(46)52)47-32-41(26-31-53(47)59-54)37-14-7-4-8-15-37/h3-35H,1-2H3. The van der Waals surface area contributed by atoms with E-state index in [-0.39, 0.29) is 5.41 Å². The molecule has 0 atom stereocenters. The lowest BCUT2D eigenvalue weighted by Gasteiger charge is -2.28. The second-order valence-electron chi connectivity index (χ2n) is 16.5. The zero-order valence-electron chi connectivity index (χ0n) is 33.3. The molecular weight excluding hydrogens is 731 g/mol. The van der Waals surface area contributed by atoms with Crippen molar-refractivity contribution >= 4 is 60.9 Å². The Bertz CT molecular complexity index is 3430. The number of hydrogen-bond donors (Lipinski definition) is 0. The lowest BCUT2D eigenvalue weighted by Crippen LogP contribution is -2.16. The third-order valence-electron chi connectivity index (χ3n) is 12.7. The van der Waals surface area contributed by atoms with Crippen LogP contribution in [0.4, 0.5) is 17.1 Å². The van der Waals surface area contributed by atoms with Crippen molar-refractivity contribution in [3.05, 3.63) is 211 Å². The van der Waals surface area contributed by atoms with E-state index in [1.165, 1.54) is 44.5 Å². The van der Waals surface area contributed by atoms with Crippen LogP contribution in [0.5, 0.6) is 0 Å². The number of anilines is 3. The molecule has 2 aromatic heterocycles. The van der Waals surface area contributed by atoms with E-state index in [4.69, 9.17) is 8.83 Å². The molecular formula is C57H39NO2. The zero-order valence-corrected chi connectivity index (χ0v) is 33.3. The maximum Gasteiger partial charge on any atom is 0.159 e. The smallest absolute Gasteiger partial charge is 0.159 e. The lowest BCUT2D eigenvalue weighted by molar-refractivity contribution is 0.660.